The molecule has 1 aromatic rings. The molecule has 0 bridgehead atoms. The van der Waals surface area contributed by atoms with Gasteiger partial charge in [0.2, 0.25) is 0 Å². The van der Waals surface area contributed by atoms with Crippen molar-refractivity contribution in [1.29, 1.82) is 0 Å². The second-order valence-corrected chi connectivity index (χ2v) is 4.02. The molecule has 5 heteroatoms. The molecule has 1 aromatic carbocycles. The summed E-state index contributed by atoms with van der Waals surface area (Å²) in [5.74, 6) is 0.970. The Labute approximate surface area is 82.4 Å². The van der Waals surface area contributed by atoms with E-state index in [0.717, 1.165) is 0 Å². The average Bonchev–Trinajstić information content (AvgIpc) is 2.16. The van der Waals surface area contributed by atoms with Crippen LogP contribution < -0.4 is 4.52 Å². The lowest BCUT2D eigenvalue weighted by atomic mass is 10.3. The maximum atomic E-state index is 11.1. The Morgan fingerprint density at radius 3 is 2.69 bits per heavy atom. The van der Waals surface area contributed by atoms with Crippen LogP contribution >= 0.6 is 20.0 Å². The minimum atomic E-state index is -2.38. The van der Waals surface area contributed by atoms with Crippen LogP contribution in [0.25, 0.3) is 0 Å². The fourth-order valence-electron chi connectivity index (χ4n) is 0.721. The van der Waals surface area contributed by atoms with E-state index in [-0.39, 0.29) is 0 Å². The normalized spacial score (nSPS) is 12.4. The molecule has 1 rings (SSSR count). The van der Waals surface area contributed by atoms with Gasteiger partial charge in [-0.15, -0.1) is 11.8 Å². The fraction of sp³-hybridized carbons (Fsp3) is 0.250. The Morgan fingerprint density at radius 2 is 2.08 bits per heavy atom. The molecule has 1 atom stereocenters. The molecule has 1 unspecified atom stereocenters. The van der Waals surface area contributed by atoms with Crippen molar-refractivity contribution in [2.75, 3.05) is 12.2 Å². The van der Waals surface area contributed by atoms with Gasteiger partial charge in [-0.2, -0.15) is 0 Å². The van der Waals surface area contributed by atoms with Crippen LogP contribution in [-0.4, -0.2) is 12.2 Å². The quantitative estimate of drug-likeness (QED) is 0.562. The van der Waals surface area contributed by atoms with Crippen LogP contribution in [0.3, 0.4) is 0 Å². The van der Waals surface area contributed by atoms with Crippen molar-refractivity contribution in [1.82, 2.24) is 0 Å². The largest absolute Gasteiger partial charge is 0.426 e. The zero-order valence-electron chi connectivity index (χ0n) is 7.23. The topological polar surface area (TPSA) is 35.5 Å². The van der Waals surface area contributed by atoms with Gasteiger partial charge in [0.1, 0.15) is 11.7 Å². The molecule has 0 N–H and O–H groups in total. The Hall–Kier alpha value is -0.440. The Morgan fingerprint density at radius 1 is 1.38 bits per heavy atom. The van der Waals surface area contributed by atoms with Gasteiger partial charge in [0.15, 0.2) is 0 Å². The summed E-state index contributed by atoms with van der Waals surface area (Å²) in [5, 5.41) is 0. The minimum absolute atomic E-state index is 0.393. The van der Waals surface area contributed by atoms with Crippen LogP contribution in [0.5, 0.6) is 5.75 Å². The van der Waals surface area contributed by atoms with Crippen LogP contribution in [0.2, 0.25) is 0 Å². The van der Waals surface area contributed by atoms with Gasteiger partial charge in [-0.25, -0.2) is 4.57 Å². The third-order valence-electron chi connectivity index (χ3n) is 1.24. The summed E-state index contributed by atoms with van der Waals surface area (Å²) < 4.78 is 21.0. The van der Waals surface area contributed by atoms with Gasteiger partial charge >= 0.3 is 8.25 Å². The van der Waals surface area contributed by atoms with Gasteiger partial charge in [0, 0.05) is 0 Å². The molecular weight excluding hydrogens is 207 g/mol. The molecule has 0 spiro atoms. The third-order valence-corrected chi connectivity index (χ3v) is 2.58. The highest BCUT2D eigenvalue weighted by Gasteiger charge is 1.99. The SMILES string of the molecule is CSCO[PH](=O)Oc1ccccc1. The van der Waals surface area contributed by atoms with Crippen LogP contribution in [-0.2, 0) is 9.09 Å². The van der Waals surface area contributed by atoms with E-state index in [9.17, 15) is 4.57 Å². The standard InChI is InChI=1S/C8H11O3PS/c1-13-7-10-12(9)11-8-5-3-2-4-6-8/h2-6,12H,7H2,1H3. The first kappa shape index (κ1) is 10.6. The second-order valence-electron chi connectivity index (χ2n) is 2.22. The summed E-state index contributed by atoms with van der Waals surface area (Å²) in [6.45, 7) is 0. The van der Waals surface area contributed by atoms with E-state index in [0.29, 0.717) is 11.7 Å². The molecule has 0 amide bonds. The highest BCUT2D eigenvalue weighted by Crippen LogP contribution is 2.28. The van der Waals surface area contributed by atoms with Gasteiger partial charge in [-0.1, -0.05) is 18.2 Å². The lowest BCUT2D eigenvalue weighted by Gasteiger charge is -2.04. The lowest BCUT2D eigenvalue weighted by molar-refractivity contribution is 0.336. The van der Waals surface area contributed by atoms with Crippen LogP contribution in [0.4, 0.5) is 0 Å². The average molecular weight is 218 g/mol. The summed E-state index contributed by atoms with van der Waals surface area (Å²) in [5.41, 5.74) is 0. The van der Waals surface area contributed by atoms with E-state index >= 15 is 0 Å². The number of benzene rings is 1. The zero-order chi connectivity index (χ0) is 9.52. The Balaban J connectivity index is 2.37. The molecule has 0 aliphatic heterocycles. The molecule has 0 saturated carbocycles. The van der Waals surface area contributed by atoms with Gasteiger partial charge < -0.3 is 4.52 Å². The van der Waals surface area contributed by atoms with Crippen molar-refractivity contribution in [3.8, 4) is 5.75 Å². The smallest absolute Gasteiger partial charge is 0.368 e. The van der Waals surface area contributed by atoms with Crippen LogP contribution in [0.15, 0.2) is 30.3 Å². The lowest BCUT2D eigenvalue weighted by Crippen LogP contribution is -1.85. The number of thioether (sulfide) groups is 1. The van der Waals surface area contributed by atoms with Crippen LogP contribution in [0, 0.1) is 0 Å². The zero-order valence-corrected chi connectivity index (χ0v) is 9.04. The summed E-state index contributed by atoms with van der Waals surface area (Å²) in [7, 11) is -2.38. The summed E-state index contributed by atoms with van der Waals surface area (Å²) in [4.78, 5) is 0. The van der Waals surface area contributed by atoms with Crippen molar-refractivity contribution < 1.29 is 13.6 Å². The van der Waals surface area contributed by atoms with Crippen molar-refractivity contribution >= 4 is 20.0 Å². The van der Waals surface area contributed by atoms with E-state index in [2.05, 4.69) is 0 Å². The number of hydrogen-bond acceptors (Lipinski definition) is 4. The monoisotopic (exact) mass is 218 g/mol. The highest BCUT2D eigenvalue weighted by atomic mass is 32.2. The molecule has 0 radical (unpaired) electrons. The van der Waals surface area contributed by atoms with Gasteiger partial charge in [0.25, 0.3) is 0 Å². The molecule has 0 aliphatic carbocycles. The summed E-state index contributed by atoms with van der Waals surface area (Å²) >= 11 is 1.46. The number of hydrogen-bond donors (Lipinski definition) is 0. The van der Waals surface area contributed by atoms with Crippen LogP contribution in [0.1, 0.15) is 0 Å². The molecule has 0 fully saturated rings. The maximum Gasteiger partial charge on any atom is 0.368 e. The molecule has 0 aliphatic rings. The molecule has 0 aromatic heterocycles. The first-order valence-electron chi connectivity index (χ1n) is 3.71. The van der Waals surface area contributed by atoms with Crippen molar-refractivity contribution in [3.63, 3.8) is 0 Å². The summed E-state index contributed by atoms with van der Waals surface area (Å²) in [6.07, 6.45) is 1.87. The predicted molar refractivity (Wildman–Crippen MR) is 55.5 cm³/mol. The van der Waals surface area contributed by atoms with E-state index in [1.165, 1.54) is 11.8 Å². The molecule has 3 nitrogen and oxygen atoms in total. The van der Waals surface area contributed by atoms with Gasteiger partial charge in [-0.05, 0) is 18.4 Å². The third kappa shape index (κ3) is 4.36. The first-order valence-corrected chi connectivity index (χ1v) is 6.33. The fourth-order valence-corrected chi connectivity index (χ4v) is 1.97. The number of para-hydroxylation sites is 1. The molecule has 0 saturated heterocycles. The maximum absolute atomic E-state index is 11.1. The van der Waals surface area contributed by atoms with Crippen molar-refractivity contribution in [2.24, 2.45) is 0 Å². The Bertz CT molecular complexity index is 265. The highest BCUT2D eigenvalue weighted by molar-refractivity contribution is 7.98. The van der Waals surface area contributed by atoms with E-state index in [1.54, 1.807) is 12.1 Å². The molecule has 13 heavy (non-hydrogen) atoms. The first-order chi connectivity index (χ1) is 6.33. The molecule has 0 heterocycles. The summed E-state index contributed by atoms with van der Waals surface area (Å²) in [6, 6.07) is 8.99. The number of rotatable bonds is 5. The van der Waals surface area contributed by atoms with Gasteiger partial charge in [0.05, 0.1) is 0 Å². The van der Waals surface area contributed by atoms with Gasteiger partial charge in [-0.3, -0.25) is 4.52 Å². The van der Waals surface area contributed by atoms with E-state index in [4.69, 9.17) is 9.05 Å². The molecular formula is C8H11O3PS. The van der Waals surface area contributed by atoms with E-state index < -0.39 is 8.25 Å². The minimum Gasteiger partial charge on any atom is -0.426 e. The van der Waals surface area contributed by atoms with Crippen molar-refractivity contribution in [3.05, 3.63) is 30.3 Å². The second kappa shape index (κ2) is 6.08. The Kier molecular flexibility index (Phi) is 4.98. The van der Waals surface area contributed by atoms with E-state index in [1.807, 2.05) is 24.5 Å². The van der Waals surface area contributed by atoms with Crippen molar-refractivity contribution in [2.45, 2.75) is 0 Å². The predicted octanol–water partition coefficient (Wildman–Crippen LogP) is 2.79. The molecule has 72 valence electrons.